The summed E-state index contributed by atoms with van der Waals surface area (Å²) < 4.78 is 32.1. The van der Waals surface area contributed by atoms with Gasteiger partial charge in [0.25, 0.3) is 0 Å². The summed E-state index contributed by atoms with van der Waals surface area (Å²) in [6.07, 6.45) is 3.11. The molecule has 27 heavy (non-hydrogen) atoms. The average molecular weight is 421 g/mol. The van der Waals surface area contributed by atoms with Crippen LogP contribution in [-0.4, -0.2) is 55.5 Å². The Morgan fingerprint density at radius 1 is 1.26 bits per heavy atom. The van der Waals surface area contributed by atoms with Crippen LogP contribution in [0.1, 0.15) is 44.1 Å². The van der Waals surface area contributed by atoms with Gasteiger partial charge in [-0.2, -0.15) is 4.31 Å². The minimum Gasteiger partial charge on any atom is -0.360 e. The molecule has 8 nitrogen and oxygen atoms in total. The summed E-state index contributed by atoms with van der Waals surface area (Å²) in [6.45, 7) is 6.98. The van der Waals surface area contributed by atoms with Crippen molar-refractivity contribution in [3.8, 4) is 0 Å². The second-order valence-electron chi connectivity index (χ2n) is 7.33. The van der Waals surface area contributed by atoms with Gasteiger partial charge in [-0.1, -0.05) is 5.16 Å². The van der Waals surface area contributed by atoms with Gasteiger partial charge in [-0.3, -0.25) is 4.79 Å². The van der Waals surface area contributed by atoms with Crippen molar-refractivity contribution in [1.82, 2.24) is 20.1 Å². The van der Waals surface area contributed by atoms with Crippen molar-refractivity contribution in [3.05, 3.63) is 11.5 Å². The van der Waals surface area contributed by atoms with Crippen LogP contribution in [-0.2, 0) is 14.8 Å². The van der Waals surface area contributed by atoms with Crippen molar-refractivity contribution >= 4 is 28.3 Å². The van der Waals surface area contributed by atoms with Crippen LogP contribution in [0.15, 0.2) is 9.42 Å². The first-order valence-electron chi connectivity index (χ1n) is 9.27. The lowest BCUT2D eigenvalue weighted by Gasteiger charge is -2.34. The van der Waals surface area contributed by atoms with E-state index in [-0.39, 0.29) is 41.2 Å². The summed E-state index contributed by atoms with van der Waals surface area (Å²) in [4.78, 5) is 12.7. The van der Waals surface area contributed by atoms with Crippen LogP contribution in [0.5, 0.6) is 0 Å². The highest BCUT2D eigenvalue weighted by atomic mass is 35.5. The standard InChI is InChI=1S/C17H28N4O4S.ClH/c1-11-15(5-4-8-18-11)19-17(22)14-6-9-21(10-7-14)26(23,24)16-12(2)20-25-13(16)3;/h11,14-15,18H,4-10H2,1-3H3,(H,19,22);1H. The van der Waals surface area contributed by atoms with Crippen LogP contribution >= 0.6 is 12.4 Å². The number of carbonyl (C=O) groups excluding carboxylic acids is 1. The number of amides is 1. The molecule has 1 aromatic heterocycles. The number of halogens is 1. The summed E-state index contributed by atoms with van der Waals surface area (Å²) >= 11 is 0. The number of nitrogens with zero attached hydrogens (tertiary/aromatic N) is 2. The second kappa shape index (κ2) is 8.89. The van der Waals surface area contributed by atoms with Gasteiger partial charge in [0.05, 0.1) is 0 Å². The number of carbonyl (C=O) groups is 1. The van der Waals surface area contributed by atoms with E-state index in [0.717, 1.165) is 19.4 Å². The zero-order chi connectivity index (χ0) is 18.9. The molecule has 2 unspecified atom stereocenters. The molecule has 154 valence electrons. The molecule has 1 amide bonds. The molecule has 2 N–H and O–H groups in total. The fourth-order valence-electron chi connectivity index (χ4n) is 3.87. The number of sulfonamides is 1. The zero-order valence-corrected chi connectivity index (χ0v) is 17.7. The van der Waals surface area contributed by atoms with Gasteiger partial charge in [0.15, 0.2) is 5.76 Å². The summed E-state index contributed by atoms with van der Waals surface area (Å²) in [7, 11) is -3.63. The molecule has 2 saturated heterocycles. The normalized spacial score (nSPS) is 25.0. The minimum atomic E-state index is -3.63. The predicted molar refractivity (Wildman–Crippen MR) is 103 cm³/mol. The largest absolute Gasteiger partial charge is 0.360 e. The van der Waals surface area contributed by atoms with E-state index >= 15 is 0 Å². The fourth-order valence-corrected chi connectivity index (χ4v) is 5.63. The Bertz CT molecular complexity index is 739. The third-order valence-electron chi connectivity index (χ3n) is 5.48. The highest BCUT2D eigenvalue weighted by molar-refractivity contribution is 7.89. The maximum absolute atomic E-state index is 12.8. The van der Waals surface area contributed by atoms with E-state index in [2.05, 4.69) is 22.7 Å². The van der Waals surface area contributed by atoms with Crippen LogP contribution in [0.3, 0.4) is 0 Å². The molecule has 0 aromatic carbocycles. The van der Waals surface area contributed by atoms with Crippen molar-refractivity contribution in [2.24, 2.45) is 5.92 Å². The molecule has 0 bridgehead atoms. The van der Waals surface area contributed by atoms with E-state index in [9.17, 15) is 13.2 Å². The van der Waals surface area contributed by atoms with Gasteiger partial charge in [-0.15, -0.1) is 12.4 Å². The van der Waals surface area contributed by atoms with Gasteiger partial charge in [-0.25, -0.2) is 8.42 Å². The van der Waals surface area contributed by atoms with Gasteiger partial charge in [-0.05, 0) is 53.0 Å². The second-order valence-corrected chi connectivity index (χ2v) is 9.21. The molecule has 0 radical (unpaired) electrons. The number of aromatic nitrogens is 1. The molecule has 0 aliphatic carbocycles. The van der Waals surface area contributed by atoms with E-state index < -0.39 is 10.0 Å². The molecule has 0 spiro atoms. The van der Waals surface area contributed by atoms with Crippen molar-refractivity contribution in [3.63, 3.8) is 0 Å². The predicted octanol–water partition coefficient (Wildman–Crippen LogP) is 1.37. The molecular formula is C17H29ClN4O4S. The summed E-state index contributed by atoms with van der Waals surface area (Å²) in [5.41, 5.74) is 0.376. The Morgan fingerprint density at radius 3 is 2.48 bits per heavy atom. The van der Waals surface area contributed by atoms with Crippen molar-refractivity contribution in [2.45, 2.75) is 63.4 Å². The van der Waals surface area contributed by atoms with Gasteiger partial charge in [0.2, 0.25) is 15.9 Å². The van der Waals surface area contributed by atoms with E-state index in [1.54, 1.807) is 13.8 Å². The Kier molecular flexibility index (Phi) is 7.29. The molecule has 10 heteroatoms. The third kappa shape index (κ3) is 4.64. The quantitative estimate of drug-likeness (QED) is 0.762. The SMILES string of the molecule is Cc1noc(C)c1S(=O)(=O)N1CCC(C(=O)NC2CCCNC2C)CC1.Cl. The number of nitrogens with one attached hydrogen (secondary N) is 2. The lowest BCUT2D eigenvalue weighted by Crippen LogP contribution is -2.54. The van der Waals surface area contributed by atoms with Crippen LogP contribution < -0.4 is 10.6 Å². The maximum Gasteiger partial charge on any atom is 0.248 e. The highest BCUT2D eigenvalue weighted by Crippen LogP contribution is 2.27. The lowest BCUT2D eigenvalue weighted by atomic mass is 9.94. The molecule has 2 fully saturated rings. The smallest absolute Gasteiger partial charge is 0.248 e. The monoisotopic (exact) mass is 420 g/mol. The molecular weight excluding hydrogens is 392 g/mol. The average Bonchev–Trinajstić information content (AvgIpc) is 2.96. The minimum absolute atomic E-state index is 0. The number of rotatable bonds is 4. The topological polar surface area (TPSA) is 105 Å². The zero-order valence-electron chi connectivity index (χ0n) is 16.0. The lowest BCUT2D eigenvalue weighted by molar-refractivity contribution is -0.127. The molecule has 2 aliphatic rings. The molecule has 3 heterocycles. The van der Waals surface area contributed by atoms with Gasteiger partial charge >= 0.3 is 0 Å². The number of piperidine rings is 2. The summed E-state index contributed by atoms with van der Waals surface area (Å²) in [5.74, 6) is 0.210. The van der Waals surface area contributed by atoms with Gasteiger partial charge < -0.3 is 15.2 Å². The first-order chi connectivity index (χ1) is 12.3. The molecule has 1 aromatic rings. The Morgan fingerprint density at radius 2 is 1.93 bits per heavy atom. The van der Waals surface area contributed by atoms with Crippen LogP contribution in [0, 0.1) is 19.8 Å². The Balaban J connectivity index is 0.00000261. The van der Waals surface area contributed by atoms with Crippen LogP contribution in [0.4, 0.5) is 0 Å². The summed E-state index contributed by atoms with van der Waals surface area (Å²) in [6, 6.07) is 0.424. The van der Waals surface area contributed by atoms with E-state index in [4.69, 9.17) is 4.52 Å². The third-order valence-corrected chi connectivity index (χ3v) is 7.62. The highest BCUT2D eigenvalue weighted by Gasteiger charge is 2.36. The molecule has 2 aliphatic heterocycles. The Hall–Kier alpha value is -1.16. The van der Waals surface area contributed by atoms with Crippen molar-refractivity contribution in [1.29, 1.82) is 0 Å². The summed E-state index contributed by atoms with van der Waals surface area (Å²) in [5, 5.41) is 10.3. The van der Waals surface area contributed by atoms with Crippen LogP contribution in [0.25, 0.3) is 0 Å². The van der Waals surface area contributed by atoms with Crippen molar-refractivity contribution < 1.29 is 17.7 Å². The molecule has 3 rings (SSSR count). The Labute approximate surface area is 166 Å². The van der Waals surface area contributed by atoms with E-state index in [0.29, 0.717) is 37.4 Å². The van der Waals surface area contributed by atoms with Gasteiger partial charge in [0.1, 0.15) is 10.6 Å². The maximum atomic E-state index is 12.8. The fraction of sp³-hybridized carbons (Fsp3) is 0.765. The first kappa shape index (κ1) is 22.1. The number of hydrogen-bond acceptors (Lipinski definition) is 6. The van der Waals surface area contributed by atoms with E-state index in [1.165, 1.54) is 4.31 Å². The van der Waals surface area contributed by atoms with Crippen molar-refractivity contribution in [2.75, 3.05) is 19.6 Å². The van der Waals surface area contributed by atoms with Gasteiger partial charge in [0, 0.05) is 31.1 Å². The van der Waals surface area contributed by atoms with E-state index in [1.807, 2.05) is 0 Å². The number of aryl methyl sites for hydroxylation is 2. The molecule has 2 atom stereocenters. The molecule has 0 saturated carbocycles. The first-order valence-corrected chi connectivity index (χ1v) is 10.7. The number of hydrogen-bond donors (Lipinski definition) is 2. The van der Waals surface area contributed by atoms with Crippen LogP contribution in [0.2, 0.25) is 0 Å².